The zero-order chi connectivity index (χ0) is 16.4. The monoisotopic (exact) mass is 344 g/mol. The first-order valence-corrected chi connectivity index (χ1v) is 8.20. The summed E-state index contributed by atoms with van der Waals surface area (Å²) in [7, 11) is 0. The molecule has 24 heavy (non-hydrogen) atoms. The Morgan fingerprint density at radius 3 is 2.38 bits per heavy atom. The maximum Gasteiger partial charge on any atom is 0.254 e. The van der Waals surface area contributed by atoms with Crippen molar-refractivity contribution in [1.82, 2.24) is 5.01 Å². The highest BCUT2D eigenvalue weighted by atomic mass is 35.5. The summed E-state index contributed by atoms with van der Waals surface area (Å²) >= 11 is 6.19. The van der Waals surface area contributed by atoms with Gasteiger partial charge in [0.25, 0.3) is 11.8 Å². The van der Waals surface area contributed by atoms with E-state index >= 15 is 0 Å². The van der Waals surface area contributed by atoms with Crippen LogP contribution in [0.5, 0.6) is 11.5 Å². The van der Waals surface area contributed by atoms with Crippen LogP contribution in [0, 0.1) is 23.7 Å². The smallest absolute Gasteiger partial charge is 0.254 e. The first-order valence-electron chi connectivity index (χ1n) is 7.83. The number of nitrogens with zero attached hydrogens (tertiary/aromatic N) is 2. The Labute approximate surface area is 142 Å². The molecule has 7 heteroatoms. The highest BCUT2D eigenvalue weighted by molar-refractivity contribution is 6.33. The van der Waals surface area contributed by atoms with Crippen molar-refractivity contribution in [2.24, 2.45) is 28.8 Å². The molecule has 4 aliphatic rings. The fourth-order valence-electron chi connectivity index (χ4n) is 4.15. The zero-order valence-electron chi connectivity index (χ0n) is 12.5. The molecule has 2 aliphatic heterocycles. The number of rotatable bonds is 2. The summed E-state index contributed by atoms with van der Waals surface area (Å²) in [4.78, 5) is 25.1. The number of hydrazone groups is 1. The molecule has 1 aromatic rings. The topological polar surface area (TPSA) is 68.2 Å². The number of amides is 2. The van der Waals surface area contributed by atoms with E-state index in [1.165, 1.54) is 6.21 Å². The maximum atomic E-state index is 12.6. The summed E-state index contributed by atoms with van der Waals surface area (Å²) in [5, 5.41) is 5.54. The average molecular weight is 345 g/mol. The largest absolute Gasteiger partial charge is 0.454 e. The molecule has 6 nitrogen and oxygen atoms in total. The molecule has 0 aromatic heterocycles. The van der Waals surface area contributed by atoms with Gasteiger partial charge in [0.15, 0.2) is 11.5 Å². The molecule has 2 bridgehead atoms. The van der Waals surface area contributed by atoms with E-state index in [0.717, 1.165) is 11.4 Å². The molecule has 1 aromatic carbocycles. The van der Waals surface area contributed by atoms with Gasteiger partial charge >= 0.3 is 0 Å². The summed E-state index contributed by atoms with van der Waals surface area (Å²) in [5.74, 6) is 0.553. The molecule has 4 atom stereocenters. The van der Waals surface area contributed by atoms with Gasteiger partial charge in [-0.05, 0) is 24.3 Å². The number of carbonyl (C=O) groups excluding carboxylic acids is 2. The zero-order valence-corrected chi connectivity index (χ0v) is 13.3. The van der Waals surface area contributed by atoms with Gasteiger partial charge in [-0.15, -0.1) is 0 Å². The van der Waals surface area contributed by atoms with Gasteiger partial charge in [0.1, 0.15) is 0 Å². The van der Waals surface area contributed by atoms with Crippen LogP contribution < -0.4 is 9.47 Å². The molecule has 1 saturated heterocycles. The number of carbonyl (C=O) groups is 2. The highest BCUT2D eigenvalue weighted by Gasteiger charge is 2.59. The van der Waals surface area contributed by atoms with E-state index in [-0.39, 0.29) is 42.3 Å². The van der Waals surface area contributed by atoms with E-state index in [2.05, 4.69) is 17.3 Å². The fourth-order valence-corrected chi connectivity index (χ4v) is 4.35. The number of hydrogen-bond acceptors (Lipinski definition) is 5. The van der Waals surface area contributed by atoms with E-state index in [1.807, 2.05) is 0 Å². The van der Waals surface area contributed by atoms with Crippen molar-refractivity contribution in [1.29, 1.82) is 0 Å². The summed E-state index contributed by atoms with van der Waals surface area (Å²) in [6, 6.07) is 3.32. The Morgan fingerprint density at radius 2 is 1.71 bits per heavy atom. The van der Waals surface area contributed by atoms with Gasteiger partial charge in [-0.3, -0.25) is 9.59 Å². The Bertz CT molecular complexity index is 804. The van der Waals surface area contributed by atoms with Crippen LogP contribution in [0.1, 0.15) is 12.0 Å². The van der Waals surface area contributed by atoms with Crippen LogP contribution in [0.25, 0.3) is 0 Å². The van der Waals surface area contributed by atoms with Gasteiger partial charge in [-0.25, -0.2) is 0 Å². The Balaban J connectivity index is 1.44. The Kier molecular flexibility index (Phi) is 2.83. The van der Waals surface area contributed by atoms with Crippen LogP contribution in [-0.2, 0) is 9.59 Å². The standard InChI is InChI=1S/C17H13ClN2O4/c18-11-5-13-12(23-7-24-13)4-10(11)6-19-20-16(21)14-8-1-2-9(3-8)15(14)17(20)22/h1-2,4-6,8-9,14-15H,3,7H2/b19-6-/t8-,9-,14+,15+/m0/s1. The second-order valence-corrected chi connectivity index (χ2v) is 6.87. The van der Waals surface area contributed by atoms with Crippen molar-refractivity contribution in [3.8, 4) is 11.5 Å². The van der Waals surface area contributed by atoms with Gasteiger partial charge < -0.3 is 9.47 Å². The van der Waals surface area contributed by atoms with Crippen molar-refractivity contribution in [3.05, 3.63) is 34.9 Å². The normalized spacial score (nSPS) is 32.5. The third-order valence-corrected chi connectivity index (χ3v) is 5.58. The number of halogens is 1. The number of imide groups is 1. The first kappa shape index (κ1) is 14.0. The van der Waals surface area contributed by atoms with Crippen molar-refractivity contribution in [3.63, 3.8) is 0 Å². The lowest BCUT2D eigenvalue weighted by Crippen LogP contribution is -2.28. The van der Waals surface area contributed by atoms with Crippen LogP contribution in [0.3, 0.4) is 0 Å². The molecule has 1 saturated carbocycles. The Morgan fingerprint density at radius 1 is 1.08 bits per heavy atom. The van der Waals surface area contributed by atoms with Crippen molar-refractivity contribution < 1.29 is 19.1 Å². The lowest BCUT2D eigenvalue weighted by Gasteiger charge is -2.13. The predicted octanol–water partition coefficient (Wildman–Crippen LogP) is 2.21. The minimum atomic E-state index is -0.253. The van der Waals surface area contributed by atoms with Crippen molar-refractivity contribution in [2.75, 3.05) is 6.79 Å². The summed E-state index contributed by atoms with van der Waals surface area (Å²) in [6.45, 7) is 0.147. The number of benzene rings is 1. The molecule has 2 amide bonds. The van der Waals surface area contributed by atoms with Gasteiger partial charge in [0.2, 0.25) is 6.79 Å². The lowest BCUT2D eigenvalue weighted by atomic mass is 9.85. The van der Waals surface area contributed by atoms with E-state index in [0.29, 0.717) is 22.1 Å². The Hall–Kier alpha value is -2.34. The third kappa shape index (κ3) is 1.80. The van der Waals surface area contributed by atoms with Gasteiger partial charge in [0, 0.05) is 11.6 Å². The predicted molar refractivity (Wildman–Crippen MR) is 84.7 cm³/mol. The molecule has 0 N–H and O–H groups in total. The molecule has 0 unspecified atom stereocenters. The molecule has 122 valence electrons. The molecule has 0 spiro atoms. The maximum absolute atomic E-state index is 12.6. The van der Waals surface area contributed by atoms with Crippen LogP contribution in [0.15, 0.2) is 29.4 Å². The number of ether oxygens (including phenoxy) is 2. The van der Waals surface area contributed by atoms with Crippen LogP contribution in [0.2, 0.25) is 5.02 Å². The lowest BCUT2D eigenvalue weighted by molar-refractivity contribution is -0.140. The molecule has 2 aliphatic carbocycles. The minimum Gasteiger partial charge on any atom is -0.454 e. The molecule has 2 heterocycles. The molecular weight excluding hydrogens is 332 g/mol. The van der Waals surface area contributed by atoms with E-state index in [1.54, 1.807) is 12.1 Å². The van der Waals surface area contributed by atoms with E-state index < -0.39 is 0 Å². The van der Waals surface area contributed by atoms with Crippen molar-refractivity contribution >= 4 is 29.6 Å². The minimum absolute atomic E-state index is 0.147. The van der Waals surface area contributed by atoms with Gasteiger partial charge in [-0.2, -0.15) is 10.1 Å². The number of allylic oxidation sites excluding steroid dienone is 2. The fraction of sp³-hybridized carbons (Fsp3) is 0.353. The first-order chi connectivity index (χ1) is 11.6. The quantitative estimate of drug-likeness (QED) is 0.468. The number of fused-ring (bicyclic) bond motifs is 6. The van der Waals surface area contributed by atoms with Crippen LogP contribution in [0.4, 0.5) is 0 Å². The van der Waals surface area contributed by atoms with E-state index in [9.17, 15) is 9.59 Å². The second kappa shape index (κ2) is 4.83. The van der Waals surface area contributed by atoms with Gasteiger partial charge in [-0.1, -0.05) is 23.8 Å². The van der Waals surface area contributed by atoms with Crippen molar-refractivity contribution in [2.45, 2.75) is 6.42 Å². The van der Waals surface area contributed by atoms with Gasteiger partial charge in [0.05, 0.1) is 23.1 Å². The SMILES string of the molecule is O=C1[C@H]2[C@H](C(=O)N1/N=C\c1cc3c(cc1Cl)OCO3)[C@H]1C=C[C@H]2C1. The van der Waals surface area contributed by atoms with E-state index in [4.69, 9.17) is 21.1 Å². The van der Waals surface area contributed by atoms with Crippen LogP contribution in [-0.4, -0.2) is 29.8 Å². The summed E-state index contributed by atoms with van der Waals surface area (Å²) in [6.07, 6.45) is 6.44. The summed E-state index contributed by atoms with van der Waals surface area (Å²) < 4.78 is 10.6. The molecular formula is C17H13ClN2O4. The second-order valence-electron chi connectivity index (χ2n) is 6.46. The molecule has 0 radical (unpaired) electrons. The molecule has 2 fully saturated rings. The molecule has 5 rings (SSSR count). The summed E-state index contributed by atoms with van der Waals surface area (Å²) in [5.41, 5.74) is 0.569. The van der Waals surface area contributed by atoms with Crippen LogP contribution >= 0.6 is 11.6 Å². The average Bonchev–Trinajstić information content (AvgIpc) is 3.31. The highest BCUT2D eigenvalue weighted by Crippen LogP contribution is 2.52. The number of hydrogen-bond donors (Lipinski definition) is 0. The third-order valence-electron chi connectivity index (χ3n) is 5.25.